The summed E-state index contributed by atoms with van der Waals surface area (Å²) in [6, 6.07) is 2.54. The van der Waals surface area contributed by atoms with Crippen molar-refractivity contribution in [2.24, 2.45) is 0 Å². The SMILES string of the molecule is CCOC(=O)Cc1cc(C(F)F)cc(C)n1. The number of hydrogen-bond acceptors (Lipinski definition) is 3. The van der Waals surface area contributed by atoms with E-state index in [4.69, 9.17) is 4.74 Å². The van der Waals surface area contributed by atoms with Gasteiger partial charge in [0.05, 0.1) is 18.7 Å². The summed E-state index contributed by atoms with van der Waals surface area (Å²) in [7, 11) is 0. The zero-order chi connectivity index (χ0) is 12.1. The molecule has 1 aromatic heterocycles. The molecule has 0 saturated carbocycles. The van der Waals surface area contributed by atoms with Gasteiger partial charge in [-0.3, -0.25) is 9.78 Å². The lowest BCUT2D eigenvalue weighted by Crippen LogP contribution is -2.09. The van der Waals surface area contributed by atoms with Crippen molar-refractivity contribution in [2.75, 3.05) is 6.61 Å². The monoisotopic (exact) mass is 229 g/mol. The van der Waals surface area contributed by atoms with Crippen LogP contribution in [-0.2, 0) is 16.0 Å². The second-order valence-corrected chi connectivity index (χ2v) is 3.32. The molecule has 16 heavy (non-hydrogen) atoms. The fourth-order valence-electron chi connectivity index (χ4n) is 1.34. The number of alkyl halides is 2. The van der Waals surface area contributed by atoms with Crippen molar-refractivity contribution < 1.29 is 18.3 Å². The number of nitrogens with zero attached hydrogens (tertiary/aromatic N) is 1. The van der Waals surface area contributed by atoms with E-state index in [1.807, 2.05) is 0 Å². The third-order valence-electron chi connectivity index (χ3n) is 1.91. The average molecular weight is 229 g/mol. The fourth-order valence-corrected chi connectivity index (χ4v) is 1.34. The Morgan fingerprint density at radius 2 is 2.19 bits per heavy atom. The average Bonchev–Trinajstić information content (AvgIpc) is 2.16. The highest BCUT2D eigenvalue weighted by Gasteiger charge is 2.12. The van der Waals surface area contributed by atoms with E-state index in [1.54, 1.807) is 13.8 Å². The summed E-state index contributed by atoms with van der Waals surface area (Å²) < 4.78 is 29.7. The molecule has 1 heterocycles. The number of esters is 1. The van der Waals surface area contributed by atoms with Gasteiger partial charge in [-0.1, -0.05) is 0 Å². The minimum Gasteiger partial charge on any atom is -0.466 e. The smallest absolute Gasteiger partial charge is 0.311 e. The topological polar surface area (TPSA) is 39.2 Å². The van der Waals surface area contributed by atoms with Crippen LogP contribution >= 0.6 is 0 Å². The van der Waals surface area contributed by atoms with Crippen LogP contribution in [0.3, 0.4) is 0 Å². The van der Waals surface area contributed by atoms with Gasteiger partial charge < -0.3 is 4.74 Å². The Morgan fingerprint density at radius 1 is 1.50 bits per heavy atom. The predicted molar refractivity (Wildman–Crippen MR) is 54.3 cm³/mol. The van der Waals surface area contributed by atoms with Gasteiger partial charge in [-0.05, 0) is 26.0 Å². The third kappa shape index (κ3) is 3.56. The number of ether oxygens (including phenoxy) is 1. The van der Waals surface area contributed by atoms with E-state index < -0.39 is 12.4 Å². The summed E-state index contributed by atoms with van der Waals surface area (Å²) in [5.74, 6) is -0.458. The van der Waals surface area contributed by atoms with Crippen molar-refractivity contribution >= 4 is 5.97 Å². The zero-order valence-corrected chi connectivity index (χ0v) is 9.17. The fraction of sp³-hybridized carbons (Fsp3) is 0.455. The molecule has 0 aliphatic carbocycles. The molecule has 3 nitrogen and oxygen atoms in total. The first-order chi connectivity index (χ1) is 7.52. The van der Waals surface area contributed by atoms with Crippen LogP contribution < -0.4 is 0 Å². The Balaban J connectivity index is 2.84. The largest absolute Gasteiger partial charge is 0.466 e. The van der Waals surface area contributed by atoms with E-state index in [0.29, 0.717) is 11.4 Å². The van der Waals surface area contributed by atoms with Gasteiger partial charge in [-0.25, -0.2) is 8.78 Å². The minimum absolute atomic E-state index is 0.0742. The highest BCUT2D eigenvalue weighted by molar-refractivity contribution is 5.72. The van der Waals surface area contributed by atoms with Crippen LogP contribution in [0.4, 0.5) is 8.78 Å². The van der Waals surface area contributed by atoms with E-state index in [2.05, 4.69) is 4.98 Å². The maximum atomic E-state index is 12.5. The summed E-state index contributed by atoms with van der Waals surface area (Å²) >= 11 is 0. The van der Waals surface area contributed by atoms with E-state index in [9.17, 15) is 13.6 Å². The molecule has 0 unspecified atom stereocenters. The van der Waals surface area contributed by atoms with Gasteiger partial charge >= 0.3 is 5.97 Å². The molecule has 1 rings (SSSR count). The summed E-state index contributed by atoms with van der Waals surface area (Å²) in [5.41, 5.74) is 0.664. The zero-order valence-electron chi connectivity index (χ0n) is 9.17. The van der Waals surface area contributed by atoms with Gasteiger partial charge in [-0.2, -0.15) is 0 Å². The van der Waals surface area contributed by atoms with Crippen molar-refractivity contribution in [3.8, 4) is 0 Å². The maximum absolute atomic E-state index is 12.5. The Hall–Kier alpha value is -1.52. The quantitative estimate of drug-likeness (QED) is 0.744. The third-order valence-corrected chi connectivity index (χ3v) is 1.91. The molecule has 0 fully saturated rings. The molecule has 0 saturated heterocycles. The molecule has 0 spiro atoms. The minimum atomic E-state index is -2.55. The van der Waals surface area contributed by atoms with Crippen molar-refractivity contribution in [2.45, 2.75) is 26.7 Å². The molecule has 0 amide bonds. The molecule has 88 valence electrons. The van der Waals surface area contributed by atoms with Crippen molar-refractivity contribution in [3.05, 3.63) is 29.1 Å². The van der Waals surface area contributed by atoms with E-state index in [-0.39, 0.29) is 18.6 Å². The number of pyridine rings is 1. The summed E-state index contributed by atoms with van der Waals surface area (Å²) in [6.07, 6.45) is -2.63. The Labute approximate surface area is 92.4 Å². The summed E-state index contributed by atoms with van der Waals surface area (Å²) in [6.45, 7) is 3.57. The lowest BCUT2D eigenvalue weighted by atomic mass is 10.1. The highest BCUT2D eigenvalue weighted by atomic mass is 19.3. The van der Waals surface area contributed by atoms with Crippen LogP contribution in [0.5, 0.6) is 0 Å². The van der Waals surface area contributed by atoms with Gasteiger partial charge in [0.15, 0.2) is 0 Å². The van der Waals surface area contributed by atoms with E-state index >= 15 is 0 Å². The molecule has 5 heteroatoms. The first kappa shape index (κ1) is 12.5. The molecular formula is C11H13F2NO2. The Bertz CT molecular complexity index is 380. The first-order valence-electron chi connectivity index (χ1n) is 4.94. The molecule has 0 radical (unpaired) electrons. The molecular weight excluding hydrogens is 216 g/mol. The molecule has 0 aromatic carbocycles. The molecule has 0 aliphatic heterocycles. The Morgan fingerprint density at radius 3 is 2.75 bits per heavy atom. The highest BCUT2D eigenvalue weighted by Crippen LogP contribution is 2.20. The standard InChI is InChI=1S/C11H13F2NO2/c1-3-16-10(15)6-9-5-8(11(12)13)4-7(2)14-9/h4-5,11H,3,6H2,1-2H3. The number of aryl methyl sites for hydroxylation is 1. The van der Waals surface area contributed by atoms with Crippen LogP contribution in [-0.4, -0.2) is 17.6 Å². The van der Waals surface area contributed by atoms with Crippen LogP contribution in [0, 0.1) is 6.92 Å². The van der Waals surface area contributed by atoms with Crippen molar-refractivity contribution in [1.29, 1.82) is 0 Å². The number of carbonyl (C=O) groups excluding carboxylic acids is 1. The molecule has 0 N–H and O–H groups in total. The van der Waals surface area contributed by atoms with Gasteiger partial charge in [0.25, 0.3) is 6.43 Å². The first-order valence-corrected chi connectivity index (χ1v) is 4.94. The van der Waals surface area contributed by atoms with Crippen LogP contribution in [0.2, 0.25) is 0 Å². The van der Waals surface area contributed by atoms with E-state index in [1.165, 1.54) is 12.1 Å². The number of rotatable bonds is 4. The molecule has 0 aliphatic rings. The molecule has 1 aromatic rings. The van der Waals surface area contributed by atoms with Gasteiger partial charge in [-0.15, -0.1) is 0 Å². The number of carbonyl (C=O) groups is 1. The lowest BCUT2D eigenvalue weighted by Gasteiger charge is -2.06. The van der Waals surface area contributed by atoms with Gasteiger partial charge in [0, 0.05) is 11.3 Å². The van der Waals surface area contributed by atoms with E-state index in [0.717, 1.165) is 0 Å². The second-order valence-electron chi connectivity index (χ2n) is 3.32. The lowest BCUT2D eigenvalue weighted by molar-refractivity contribution is -0.142. The normalized spacial score (nSPS) is 10.6. The Kier molecular flexibility index (Phi) is 4.34. The van der Waals surface area contributed by atoms with Crippen molar-refractivity contribution in [3.63, 3.8) is 0 Å². The number of halogens is 2. The molecule has 0 atom stereocenters. The maximum Gasteiger partial charge on any atom is 0.311 e. The predicted octanol–water partition coefficient (Wildman–Crippen LogP) is 2.43. The van der Waals surface area contributed by atoms with Crippen molar-refractivity contribution in [1.82, 2.24) is 4.98 Å². The second kappa shape index (κ2) is 5.53. The number of hydrogen-bond donors (Lipinski definition) is 0. The van der Waals surface area contributed by atoms with Crippen LogP contribution in [0.1, 0.15) is 30.3 Å². The summed E-state index contributed by atoms with van der Waals surface area (Å²) in [4.78, 5) is 15.2. The number of aromatic nitrogens is 1. The van der Waals surface area contributed by atoms with Crippen LogP contribution in [0.25, 0.3) is 0 Å². The molecule has 0 bridgehead atoms. The summed E-state index contributed by atoms with van der Waals surface area (Å²) in [5, 5.41) is 0. The van der Waals surface area contributed by atoms with Gasteiger partial charge in [0.1, 0.15) is 0 Å². The van der Waals surface area contributed by atoms with Gasteiger partial charge in [0.2, 0.25) is 0 Å². The van der Waals surface area contributed by atoms with Crippen LogP contribution in [0.15, 0.2) is 12.1 Å².